The van der Waals surface area contributed by atoms with Gasteiger partial charge in [0.1, 0.15) is 0 Å². The third-order valence-electron chi connectivity index (χ3n) is 6.89. The van der Waals surface area contributed by atoms with Gasteiger partial charge in [0.2, 0.25) is 5.82 Å². The van der Waals surface area contributed by atoms with Crippen molar-refractivity contribution in [2.45, 2.75) is 0 Å². The molecule has 2 aromatic carbocycles. The maximum absolute atomic E-state index is 15.7. The smallest absolute Gasteiger partial charge is 0.284 e. The van der Waals surface area contributed by atoms with Gasteiger partial charge in [-0.05, 0) is 14.1 Å². The summed E-state index contributed by atoms with van der Waals surface area (Å²) in [7, 11) is -1.19. The fraction of sp³-hybridized carbons (Fsp3) is 0.429. The molecule has 0 atom stereocenters. The highest BCUT2D eigenvalue weighted by Crippen LogP contribution is 2.32. The molecule has 0 aliphatic carbocycles. The summed E-state index contributed by atoms with van der Waals surface area (Å²) in [4.78, 5) is 2.97. The molecule has 192 valence electrons. The number of anilines is 1. The predicted octanol–water partition coefficient (Wildman–Crippen LogP) is 2.12. The van der Waals surface area contributed by atoms with Crippen LogP contribution < -0.4 is 15.3 Å². The molecule has 14 heteroatoms. The molecule has 0 aromatic heterocycles. The van der Waals surface area contributed by atoms with Crippen molar-refractivity contribution in [3.63, 3.8) is 0 Å². The monoisotopic (exact) mass is 528 g/mol. The lowest BCUT2D eigenvalue weighted by Crippen LogP contribution is -2.82. The van der Waals surface area contributed by atoms with Crippen molar-refractivity contribution in [2.75, 3.05) is 65.3 Å². The van der Waals surface area contributed by atoms with Crippen molar-refractivity contribution >= 4 is 24.5 Å². The van der Waals surface area contributed by atoms with Crippen LogP contribution in [0.1, 0.15) is 0 Å². The lowest BCUT2D eigenvalue weighted by molar-refractivity contribution is 0.218. The van der Waals surface area contributed by atoms with E-state index in [0.29, 0.717) is 6.54 Å². The molecule has 0 unspecified atom stereocenters. The third-order valence-corrected chi connectivity index (χ3v) is 11.8. The van der Waals surface area contributed by atoms with E-state index in [9.17, 15) is 22.0 Å². The van der Waals surface area contributed by atoms with E-state index in [1.54, 1.807) is 0 Å². The first-order valence-corrected chi connectivity index (χ1v) is 12.5. The molecule has 0 radical (unpaired) electrons. The Morgan fingerprint density at radius 1 is 0.457 bits per heavy atom. The fourth-order valence-electron chi connectivity index (χ4n) is 5.03. The number of fused-ring (bicyclic) bond motifs is 6. The highest BCUT2D eigenvalue weighted by molar-refractivity contribution is 6.99. The molecule has 3 aliphatic rings. The summed E-state index contributed by atoms with van der Waals surface area (Å²) in [6, 6.07) is 0. The van der Waals surface area contributed by atoms with E-state index in [2.05, 4.69) is 0 Å². The third kappa shape index (κ3) is 3.56. The molecule has 2 aromatic rings. The number of benzene rings is 2. The molecule has 3 heterocycles. The largest absolute Gasteiger partial charge is 0.371 e. The van der Waals surface area contributed by atoms with Crippen LogP contribution in [0.15, 0.2) is 0 Å². The van der Waals surface area contributed by atoms with Gasteiger partial charge in [-0.15, -0.1) is 0 Å². The molecular formula is C21H21F9N4Si. The number of halogens is 9. The minimum atomic E-state index is -4.95. The summed E-state index contributed by atoms with van der Waals surface area (Å²) in [5, 5.41) is -2.34. The van der Waals surface area contributed by atoms with E-state index >= 15 is 17.6 Å². The highest BCUT2D eigenvalue weighted by Gasteiger charge is 2.57. The second-order valence-corrected chi connectivity index (χ2v) is 12.6. The number of hydrogen-bond donors (Lipinski definition) is 0. The Labute approximate surface area is 196 Å². The number of hydrogen-bond acceptors (Lipinski definition) is 4. The van der Waals surface area contributed by atoms with E-state index in [-0.39, 0.29) is 32.7 Å². The van der Waals surface area contributed by atoms with E-state index in [0.717, 1.165) is 4.90 Å². The zero-order valence-electron chi connectivity index (χ0n) is 18.9. The van der Waals surface area contributed by atoms with E-state index in [4.69, 9.17) is 0 Å². The first kappa shape index (κ1) is 25.8. The molecular weight excluding hydrogens is 507 g/mol. The number of likely N-dealkylation sites (N-methyl/N-ethyl adjacent to an activating group) is 3. The van der Waals surface area contributed by atoms with Crippen molar-refractivity contribution in [3.05, 3.63) is 52.4 Å². The van der Waals surface area contributed by atoms with Crippen LogP contribution in [0.3, 0.4) is 0 Å². The zero-order chi connectivity index (χ0) is 26.0. The van der Waals surface area contributed by atoms with E-state index in [1.807, 2.05) is 4.90 Å². The Bertz CT molecular complexity index is 1150. The summed E-state index contributed by atoms with van der Waals surface area (Å²) < 4.78 is 136. The van der Waals surface area contributed by atoms with Gasteiger partial charge >= 0.3 is 0 Å². The summed E-state index contributed by atoms with van der Waals surface area (Å²) in [5.41, 5.74) is -0.834. The first-order chi connectivity index (χ1) is 16.4. The Kier molecular flexibility index (Phi) is 6.62. The normalized spacial score (nSPS) is 24.0. The molecule has 0 N–H and O–H groups in total. The quantitative estimate of drug-likeness (QED) is 0.244. The summed E-state index contributed by atoms with van der Waals surface area (Å²) in [6.45, 7) is 0.660. The predicted molar refractivity (Wildman–Crippen MR) is 112 cm³/mol. The van der Waals surface area contributed by atoms with Gasteiger partial charge in [0.25, 0.3) is 8.40 Å². The molecule has 2 bridgehead atoms. The van der Waals surface area contributed by atoms with Crippen LogP contribution in [0.25, 0.3) is 0 Å². The van der Waals surface area contributed by atoms with Crippen molar-refractivity contribution in [2.24, 2.45) is 0 Å². The molecule has 1 saturated heterocycles. The standard InChI is InChI=1S/C21H21F9N4Si/c1-31-4-7-34-8-5-32(2)35(33(3)6-9-34,20-16(28)12(24)10(22)13(25)17(20)29)21-18(30)14(26)11(23)15(27)19(21)31/h4-9H2,1-3H3. The van der Waals surface area contributed by atoms with Crippen molar-refractivity contribution in [3.8, 4) is 0 Å². The van der Waals surface area contributed by atoms with Crippen LogP contribution in [0, 0.1) is 52.4 Å². The maximum Gasteiger partial charge on any atom is 0.284 e. The van der Waals surface area contributed by atoms with Crippen LogP contribution in [0.5, 0.6) is 0 Å². The summed E-state index contributed by atoms with van der Waals surface area (Å²) >= 11 is 0. The maximum atomic E-state index is 15.7. The molecule has 0 saturated carbocycles. The van der Waals surface area contributed by atoms with Crippen LogP contribution >= 0.6 is 0 Å². The van der Waals surface area contributed by atoms with Crippen molar-refractivity contribution in [1.29, 1.82) is 0 Å². The lowest BCUT2D eigenvalue weighted by Gasteiger charge is -2.51. The second kappa shape index (κ2) is 8.98. The minimum Gasteiger partial charge on any atom is -0.371 e. The molecule has 0 amide bonds. The molecule has 5 rings (SSSR count). The van der Waals surface area contributed by atoms with Crippen LogP contribution in [0.2, 0.25) is 0 Å². The van der Waals surface area contributed by atoms with Gasteiger partial charge in [-0.1, -0.05) is 0 Å². The van der Waals surface area contributed by atoms with Gasteiger partial charge in [0, 0.05) is 51.5 Å². The summed E-state index contributed by atoms with van der Waals surface area (Å²) in [6.07, 6.45) is 0. The Morgan fingerprint density at radius 2 is 0.829 bits per heavy atom. The van der Waals surface area contributed by atoms with Crippen molar-refractivity contribution in [1.82, 2.24) is 14.0 Å². The van der Waals surface area contributed by atoms with Gasteiger partial charge in [-0.2, -0.15) is 0 Å². The first-order valence-electron chi connectivity index (χ1n) is 10.6. The van der Waals surface area contributed by atoms with Gasteiger partial charge in [0.15, 0.2) is 46.5 Å². The van der Waals surface area contributed by atoms with E-state index in [1.165, 1.54) is 30.3 Å². The van der Waals surface area contributed by atoms with Gasteiger partial charge in [-0.3, -0.25) is 4.90 Å². The summed E-state index contributed by atoms with van der Waals surface area (Å²) in [5.74, 6) is -19.6. The van der Waals surface area contributed by atoms with Crippen LogP contribution in [-0.4, -0.2) is 82.8 Å². The Hall–Kier alpha value is -2.29. The number of nitrogens with zero attached hydrogens (tertiary/aromatic N) is 4. The number of rotatable bonds is 1. The van der Waals surface area contributed by atoms with E-state index < -0.39 is 76.8 Å². The molecule has 4 nitrogen and oxygen atoms in total. The highest BCUT2D eigenvalue weighted by atomic mass is 28.3. The average molecular weight is 528 g/mol. The lowest BCUT2D eigenvalue weighted by atomic mass is 10.2. The van der Waals surface area contributed by atoms with Gasteiger partial charge < -0.3 is 14.0 Å². The van der Waals surface area contributed by atoms with Crippen LogP contribution in [-0.2, 0) is 0 Å². The molecule has 1 fully saturated rings. The SMILES string of the molecule is CN1CCN2CCN(C)[Si](c3c(F)c(F)c(F)c(F)c3F)(c3c(F)c(F)c(F)c(F)c31)N(C)CC2. The van der Waals surface area contributed by atoms with Crippen LogP contribution in [0.4, 0.5) is 45.2 Å². The minimum absolute atomic E-state index is 0.0105. The average Bonchev–Trinajstić information content (AvgIpc) is 2.83. The molecule has 35 heavy (non-hydrogen) atoms. The fourth-order valence-corrected chi connectivity index (χ4v) is 10.1. The zero-order valence-corrected chi connectivity index (χ0v) is 19.9. The van der Waals surface area contributed by atoms with Gasteiger partial charge in [-0.25, -0.2) is 39.5 Å². The second-order valence-electron chi connectivity index (χ2n) is 8.70. The Morgan fingerprint density at radius 3 is 1.31 bits per heavy atom. The Balaban J connectivity index is 2.29. The van der Waals surface area contributed by atoms with Crippen molar-refractivity contribution < 1.29 is 39.5 Å². The topological polar surface area (TPSA) is 13.0 Å². The molecule has 3 aliphatic heterocycles. The molecule has 0 spiro atoms. The van der Waals surface area contributed by atoms with Gasteiger partial charge in [0.05, 0.1) is 10.9 Å².